The molecule has 0 aliphatic carbocycles. The summed E-state index contributed by atoms with van der Waals surface area (Å²) in [7, 11) is 1.28. The largest absolute Gasteiger partial charge is 0.467 e. The lowest BCUT2D eigenvalue weighted by atomic mass is 9.91. The molecule has 2 atom stereocenters. The Kier molecular flexibility index (Phi) is 12.4. The Balaban J connectivity index is 2.35. The highest BCUT2D eigenvalue weighted by Crippen LogP contribution is 2.29. The Labute approximate surface area is 256 Å². The summed E-state index contributed by atoms with van der Waals surface area (Å²) in [5.41, 5.74) is 2.09. The van der Waals surface area contributed by atoms with Gasteiger partial charge in [0, 0.05) is 42.7 Å². The predicted molar refractivity (Wildman–Crippen MR) is 167 cm³/mol. The number of carbonyl (C=O) groups is 4. The van der Waals surface area contributed by atoms with Gasteiger partial charge in [-0.1, -0.05) is 65.0 Å². The maximum Gasteiger partial charge on any atom is 0.408 e. The summed E-state index contributed by atoms with van der Waals surface area (Å²) in [5, 5.41) is 8.41. The fraction of sp³-hybridized carbons (Fsp3) is 0.576. The van der Waals surface area contributed by atoms with Gasteiger partial charge in [0.15, 0.2) is 0 Å². The molecule has 2 aromatic rings. The number of nitrogens with zero attached hydrogens (tertiary/aromatic N) is 1. The van der Waals surface area contributed by atoms with E-state index in [1.54, 1.807) is 27.7 Å². The number of alkyl carbamates (subject to hydrolysis) is 1. The van der Waals surface area contributed by atoms with Crippen LogP contribution in [0.2, 0.25) is 0 Å². The summed E-state index contributed by atoms with van der Waals surface area (Å²) < 4.78 is 12.3. The standard InChI is InChI=1S/C33H50N4O6/c1-21(2)20-37-26(24(19-27(37)32(4,5)6)28(38)35-22(3)30(40)42-10)16-17-34-29(39)25(18-23-14-12-11-13-15-23)36-31(41)43-33(7,8)9/h11-15,19,21-22,25H,16-18,20H2,1-10H3,(H,34,39)(H,35,38)(H,36,41)/t22-,25-/m0/s1. The Bertz CT molecular complexity index is 1250. The van der Waals surface area contributed by atoms with Crippen molar-refractivity contribution in [1.82, 2.24) is 20.5 Å². The average Bonchev–Trinajstić information content (AvgIpc) is 3.25. The van der Waals surface area contributed by atoms with Crippen molar-refractivity contribution in [2.24, 2.45) is 5.92 Å². The molecular formula is C33H50N4O6. The van der Waals surface area contributed by atoms with Gasteiger partial charge in [-0.15, -0.1) is 0 Å². The van der Waals surface area contributed by atoms with E-state index in [2.05, 4.69) is 55.1 Å². The molecule has 10 nitrogen and oxygen atoms in total. The zero-order chi connectivity index (χ0) is 32.5. The lowest BCUT2D eigenvalue weighted by Crippen LogP contribution is -2.49. The Morgan fingerprint density at radius 2 is 1.56 bits per heavy atom. The molecule has 0 unspecified atom stereocenters. The molecule has 2 rings (SSSR count). The van der Waals surface area contributed by atoms with Crippen molar-refractivity contribution < 1.29 is 28.7 Å². The molecule has 0 radical (unpaired) electrons. The smallest absolute Gasteiger partial charge is 0.408 e. The SMILES string of the molecule is COC(=O)[C@H](C)NC(=O)c1cc(C(C)(C)C)n(CC(C)C)c1CCNC(=O)[C@H](Cc1ccccc1)NC(=O)OC(C)(C)C. The first kappa shape index (κ1) is 35.4. The molecule has 1 aromatic carbocycles. The second kappa shape index (κ2) is 15.1. The van der Waals surface area contributed by atoms with E-state index in [1.165, 1.54) is 7.11 Å². The highest BCUT2D eigenvalue weighted by Gasteiger charge is 2.29. The van der Waals surface area contributed by atoms with Gasteiger partial charge < -0.3 is 30.0 Å². The first-order valence-electron chi connectivity index (χ1n) is 14.9. The summed E-state index contributed by atoms with van der Waals surface area (Å²) in [6.07, 6.45) is -0.0417. The molecule has 0 spiro atoms. The highest BCUT2D eigenvalue weighted by molar-refractivity contribution is 5.98. The van der Waals surface area contributed by atoms with Crippen LogP contribution in [-0.4, -0.2) is 59.8 Å². The number of rotatable bonds is 12. The van der Waals surface area contributed by atoms with E-state index in [-0.39, 0.29) is 30.2 Å². The predicted octanol–water partition coefficient (Wildman–Crippen LogP) is 4.53. The zero-order valence-electron chi connectivity index (χ0n) is 27.4. The van der Waals surface area contributed by atoms with E-state index < -0.39 is 29.7 Å². The van der Waals surface area contributed by atoms with Gasteiger partial charge in [-0.25, -0.2) is 9.59 Å². The molecule has 1 heterocycles. The summed E-state index contributed by atoms with van der Waals surface area (Å²) in [5.74, 6) is -0.999. The van der Waals surface area contributed by atoms with Crippen LogP contribution in [0.15, 0.2) is 36.4 Å². The molecule has 0 aliphatic heterocycles. The number of carbonyl (C=O) groups excluding carboxylic acids is 4. The monoisotopic (exact) mass is 598 g/mol. The van der Waals surface area contributed by atoms with Crippen molar-refractivity contribution in [1.29, 1.82) is 0 Å². The number of ether oxygens (including phenoxy) is 2. The summed E-state index contributed by atoms with van der Waals surface area (Å²) in [6.45, 7) is 18.2. The fourth-order valence-electron chi connectivity index (χ4n) is 4.70. The molecule has 0 aliphatic rings. The minimum Gasteiger partial charge on any atom is -0.467 e. The van der Waals surface area contributed by atoms with Crippen molar-refractivity contribution >= 4 is 23.9 Å². The molecule has 10 heteroatoms. The number of amides is 3. The topological polar surface area (TPSA) is 128 Å². The van der Waals surface area contributed by atoms with Gasteiger partial charge in [0.2, 0.25) is 5.91 Å². The third-order valence-electron chi connectivity index (χ3n) is 6.62. The van der Waals surface area contributed by atoms with Gasteiger partial charge >= 0.3 is 12.1 Å². The van der Waals surface area contributed by atoms with Gasteiger partial charge in [-0.2, -0.15) is 0 Å². The van der Waals surface area contributed by atoms with E-state index in [9.17, 15) is 19.2 Å². The normalized spacial score (nSPS) is 13.2. The van der Waals surface area contributed by atoms with Crippen LogP contribution in [-0.2, 0) is 43.9 Å². The summed E-state index contributed by atoms with van der Waals surface area (Å²) >= 11 is 0. The van der Waals surface area contributed by atoms with Gasteiger partial charge in [0.05, 0.1) is 12.7 Å². The van der Waals surface area contributed by atoms with E-state index in [0.29, 0.717) is 24.4 Å². The zero-order valence-corrected chi connectivity index (χ0v) is 27.4. The van der Waals surface area contributed by atoms with Crippen molar-refractivity contribution in [3.8, 4) is 0 Å². The van der Waals surface area contributed by atoms with Crippen molar-refractivity contribution in [2.45, 2.75) is 105 Å². The van der Waals surface area contributed by atoms with Crippen LogP contribution in [0, 0.1) is 5.92 Å². The van der Waals surface area contributed by atoms with Crippen LogP contribution in [0.5, 0.6) is 0 Å². The summed E-state index contributed by atoms with van der Waals surface area (Å²) in [4.78, 5) is 51.5. The molecule has 238 valence electrons. The van der Waals surface area contributed by atoms with Crippen LogP contribution < -0.4 is 16.0 Å². The van der Waals surface area contributed by atoms with E-state index in [0.717, 1.165) is 17.0 Å². The average molecular weight is 599 g/mol. The Hall–Kier alpha value is -3.82. The van der Waals surface area contributed by atoms with E-state index in [1.807, 2.05) is 36.4 Å². The quantitative estimate of drug-likeness (QED) is 0.308. The third kappa shape index (κ3) is 11.1. The molecule has 3 amide bonds. The van der Waals surface area contributed by atoms with E-state index in [4.69, 9.17) is 9.47 Å². The third-order valence-corrected chi connectivity index (χ3v) is 6.62. The van der Waals surface area contributed by atoms with Gasteiger partial charge in [0.1, 0.15) is 17.7 Å². The van der Waals surface area contributed by atoms with Crippen LogP contribution in [0.3, 0.4) is 0 Å². The van der Waals surface area contributed by atoms with Crippen LogP contribution in [0.4, 0.5) is 4.79 Å². The maximum absolute atomic E-state index is 13.4. The second-order valence-corrected chi connectivity index (χ2v) is 13.3. The maximum atomic E-state index is 13.4. The number of benzene rings is 1. The van der Waals surface area contributed by atoms with Crippen molar-refractivity contribution in [3.05, 3.63) is 58.9 Å². The number of esters is 1. The lowest BCUT2D eigenvalue weighted by molar-refractivity contribution is -0.142. The molecular weight excluding hydrogens is 548 g/mol. The number of hydrogen-bond donors (Lipinski definition) is 3. The summed E-state index contributed by atoms with van der Waals surface area (Å²) in [6, 6.07) is 9.61. The minimum absolute atomic E-state index is 0.221. The molecule has 0 bridgehead atoms. The van der Waals surface area contributed by atoms with Crippen molar-refractivity contribution in [3.63, 3.8) is 0 Å². The van der Waals surface area contributed by atoms with Gasteiger partial charge in [-0.05, 0) is 45.2 Å². The highest BCUT2D eigenvalue weighted by atomic mass is 16.6. The fourth-order valence-corrected chi connectivity index (χ4v) is 4.70. The molecule has 0 saturated carbocycles. The molecule has 3 N–H and O–H groups in total. The first-order valence-corrected chi connectivity index (χ1v) is 14.9. The Morgan fingerprint density at radius 1 is 0.930 bits per heavy atom. The molecule has 1 aromatic heterocycles. The van der Waals surface area contributed by atoms with Crippen molar-refractivity contribution in [2.75, 3.05) is 13.7 Å². The van der Waals surface area contributed by atoms with Gasteiger partial charge in [-0.3, -0.25) is 9.59 Å². The number of nitrogens with one attached hydrogen (secondary N) is 3. The lowest BCUT2D eigenvalue weighted by Gasteiger charge is -2.25. The van der Waals surface area contributed by atoms with Gasteiger partial charge in [0.25, 0.3) is 5.91 Å². The second-order valence-electron chi connectivity index (χ2n) is 13.3. The Morgan fingerprint density at radius 3 is 2.09 bits per heavy atom. The molecule has 0 saturated heterocycles. The van der Waals surface area contributed by atoms with Crippen LogP contribution in [0.1, 0.15) is 89.6 Å². The number of aromatic nitrogens is 1. The molecule has 0 fully saturated rings. The van der Waals surface area contributed by atoms with Crippen LogP contribution >= 0.6 is 0 Å². The minimum atomic E-state index is -0.867. The van der Waals surface area contributed by atoms with Crippen LogP contribution in [0.25, 0.3) is 0 Å². The number of hydrogen-bond acceptors (Lipinski definition) is 6. The van der Waals surface area contributed by atoms with E-state index >= 15 is 0 Å². The first-order chi connectivity index (χ1) is 19.9. The molecule has 43 heavy (non-hydrogen) atoms. The number of methoxy groups -OCH3 is 1.